The van der Waals surface area contributed by atoms with Gasteiger partial charge in [-0.25, -0.2) is 4.79 Å². The average molecular weight is 219 g/mol. The second-order valence-corrected chi connectivity index (χ2v) is 4.42. The number of rotatable bonds is 4. The van der Waals surface area contributed by atoms with E-state index in [4.69, 9.17) is 4.74 Å². The first-order valence-electron chi connectivity index (χ1n) is 5.70. The van der Waals surface area contributed by atoms with Crippen molar-refractivity contribution in [1.29, 1.82) is 0 Å². The van der Waals surface area contributed by atoms with Crippen molar-refractivity contribution in [2.24, 2.45) is 11.8 Å². The normalized spacial score (nSPS) is 22.6. The topological polar surface area (TPSA) is 38.3 Å². The van der Waals surface area contributed by atoms with E-state index in [1.54, 1.807) is 0 Å². The van der Waals surface area contributed by atoms with Crippen LogP contribution in [0.15, 0.2) is 30.3 Å². The van der Waals surface area contributed by atoms with Crippen molar-refractivity contribution in [2.75, 3.05) is 6.54 Å². The zero-order chi connectivity index (χ0) is 11.4. The van der Waals surface area contributed by atoms with E-state index >= 15 is 0 Å². The molecule has 3 nitrogen and oxygen atoms in total. The highest BCUT2D eigenvalue weighted by molar-refractivity contribution is 5.67. The number of ether oxygens (including phenoxy) is 1. The van der Waals surface area contributed by atoms with Gasteiger partial charge in [0.05, 0.1) is 0 Å². The Bertz CT molecular complexity index is 350. The van der Waals surface area contributed by atoms with Crippen molar-refractivity contribution in [3.63, 3.8) is 0 Å². The molecule has 1 aliphatic rings. The van der Waals surface area contributed by atoms with Crippen LogP contribution in [0.1, 0.15) is 18.9 Å². The molecule has 0 saturated heterocycles. The number of nitrogens with one attached hydrogen (secondary N) is 1. The molecule has 0 spiro atoms. The molecular weight excluding hydrogens is 202 g/mol. The molecule has 0 aliphatic heterocycles. The van der Waals surface area contributed by atoms with Crippen molar-refractivity contribution in [2.45, 2.75) is 20.0 Å². The molecule has 0 heterocycles. The standard InChI is InChI=1S/C13H17NO2/c1-10-7-12(10)8-14-13(15)16-9-11-5-3-2-4-6-11/h2-6,10,12H,7-9H2,1H3,(H,14,15). The number of benzene rings is 1. The Labute approximate surface area is 95.8 Å². The van der Waals surface area contributed by atoms with E-state index in [1.165, 1.54) is 6.42 Å². The predicted octanol–water partition coefficient (Wildman–Crippen LogP) is 2.57. The maximum Gasteiger partial charge on any atom is 0.407 e. The van der Waals surface area contributed by atoms with Crippen LogP contribution in [0.4, 0.5) is 4.79 Å². The summed E-state index contributed by atoms with van der Waals surface area (Å²) < 4.78 is 5.09. The van der Waals surface area contributed by atoms with Crippen LogP contribution in [-0.2, 0) is 11.3 Å². The van der Waals surface area contributed by atoms with Gasteiger partial charge in [0.25, 0.3) is 0 Å². The lowest BCUT2D eigenvalue weighted by atomic mass is 10.2. The van der Waals surface area contributed by atoms with E-state index in [-0.39, 0.29) is 6.09 Å². The molecule has 1 saturated carbocycles. The van der Waals surface area contributed by atoms with Gasteiger partial charge >= 0.3 is 6.09 Å². The summed E-state index contributed by atoms with van der Waals surface area (Å²) in [6.45, 7) is 3.28. The lowest BCUT2D eigenvalue weighted by molar-refractivity contribution is 0.139. The molecule has 2 atom stereocenters. The predicted molar refractivity (Wildman–Crippen MR) is 61.9 cm³/mol. The SMILES string of the molecule is CC1CC1CNC(=O)OCc1ccccc1. The summed E-state index contributed by atoms with van der Waals surface area (Å²) in [5.41, 5.74) is 1.01. The van der Waals surface area contributed by atoms with Crippen molar-refractivity contribution in [3.8, 4) is 0 Å². The van der Waals surface area contributed by atoms with Crippen LogP contribution in [0.3, 0.4) is 0 Å². The van der Waals surface area contributed by atoms with Gasteiger partial charge in [0.15, 0.2) is 0 Å². The zero-order valence-corrected chi connectivity index (χ0v) is 9.48. The van der Waals surface area contributed by atoms with E-state index in [1.807, 2.05) is 30.3 Å². The molecule has 1 aliphatic carbocycles. The van der Waals surface area contributed by atoms with E-state index in [0.717, 1.165) is 18.0 Å². The fourth-order valence-corrected chi connectivity index (χ4v) is 1.67. The Balaban J connectivity index is 1.64. The third-order valence-electron chi connectivity index (χ3n) is 3.00. The van der Waals surface area contributed by atoms with Gasteiger partial charge in [0, 0.05) is 6.54 Å². The summed E-state index contributed by atoms with van der Waals surface area (Å²) >= 11 is 0. The van der Waals surface area contributed by atoms with Crippen LogP contribution >= 0.6 is 0 Å². The van der Waals surface area contributed by atoms with E-state index < -0.39 is 0 Å². The minimum Gasteiger partial charge on any atom is -0.445 e. The monoisotopic (exact) mass is 219 g/mol. The molecule has 0 radical (unpaired) electrons. The third-order valence-corrected chi connectivity index (χ3v) is 3.00. The molecule has 3 heteroatoms. The Morgan fingerprint density at radius 3 is 2.75 bits per heavy atom. The smallest absolute Gasteiger partial charge is 0.407 e. The van der Waals surface area contributed by atoms with Gasteiger partial charge in [-0.1, -0.05) is 37.3 Å². The maximum absolute atomic E-state index is 11.3. The fourth-order valence-electron chi connectivity index (χ4n) is 1.67. The molecule has 16 heavy (non-hydrogen) atoms. The van der Waals surface area contributed by atoms with Gasteiger partial charge in [-0.3, -0.25) is 0 Å². The van der Waals surface area contributed by atoms with E-state index in [0.29, 0.717) is 12.5 Å². The van der Waals surface area contributed by atoms with Crippen LogP contribution < -0.4 is 5.32 Å². The molecule has 0 aromatic heterocycles. The minimum absolute atomic E-state index is 0.317. The Morgan fingerprint density at radius 1 is 1.44 bits per heavy atom. The number of amides is 1. The summed E-state index contributed by atoms with van der Waals surface area (Å²) in [5, 5.41) is 2.78. The van der Waals surface area contributed by atoms with Crippen molar-refractivity contribution in [1.82, 2.24) is 5.32 Å². The summed E-state index contributed by atoms with van der Waals surface area (Å²) in [5.74, 6) is 1.42. The molecule has 1 amide bonds. The number of hydrogen-bond donors (Lipinski definition) is 1. The second kappa shape index (κ2) is 5.01. The lowest BCUT2D eigenvalue weighted by Crippen LogP contribution is -2.26. The Kier molecular flexibility index (Phi) is 3.44. The first-order chi connectivity index (χ1) is 7.75. The van der Waals surface area contributed by atoms with Gasteiger partial charge in [-0.2, -0.15) is 0 Å². The number of alkyl carbamates (subject to hydrolysis) is 1. The lowest BCUT2D eigenvalue weighted by Gasteiger charge is -2.06. The highest BCUT2D eigenvalue weighted by atomic mass is 16.5. The van der Waals surface area contributed by atoms with Gasteiger partial charge in [0.1, 0.15) is 6.61 Å². The maximum atomic E-state index is 11.3. The van der Waals surface area contributed by atoms with Crippen LogP contribution in [0, 0.1) is 11.8 Å². The Hall–Kier alpha value is -1.51. The number of hydrogen-bond acceptors (Lipinski definition) is 2. The number of carbonyl (C=O) groups excluding carboxylic acids is 1. The van der Waals surface area contributed by atoms with Crippen LogP contribution in [0.2, 0.25) is 0 Å². The first kappa shape index (κ1) is 11.0. The average Bonchev–Trinajstić information content (AvgIpc) is 3.01. The fraction of sp³-hybridized carbons (Fsp3) is 0.462. The van der Waals surface area contributed by atoms with Gasteiger partial charge in [0.2, 0.25) is 0 Å². The largest absolute Gasteiger partial charge is 0.445 e. The summed E-state index contributed by atoms with van der Waals surface area (Å²) in [7, 11) is 0. The van der Waals surface area contributed by atoms with Crippen molar-refractivity contribution < 1.29 is 9.53 Å². The second-order valence-electron chi connectivity index (χ2n) is 4.42. The van der Waals surface area contributed by atoms with Gasteiger partial charge in [-0.05, 0) is 23.8 Å². The molecule has 0 bridgehead atoms. The highest BCUT2D eigenvalue weighted by Crippen LogP contribution is 2.36. The van der Waals surface area contributed by atoms with Crippen molar-refractivity contribution in [3.05, 3.63) is 35.9 Å². The number of carbonyl (C=O) groups is 1. The molecule has 2 unspecified atom stereocenters. The zero-order valence-electron chi connectivity index (χ0n) is 9.48. The van der Waals surface area contributed by atoms with E-state index in [9.17, 15) is 4.79 Å². The van der Waals surface area contributed by atoms with Crippen LogP contribution in [0.25, 0.3) is 0 Å². The highest BCUT2D eigenvalue weighted by Gasteiger charge is 2.32. The molecule has 2 rings (SSSR count). The van der Waals surface area contributed by atoms with Crippen LogP contribution in [0.5, 0.6) is 0 Å². The van der Waals surface area contributed by atoms with Crippen molar-refractivity contribution >= 4 is 6.09 Å². The summed E-state index contributed by atoms with van der Waals surface area (Å²) in [6, 6.07) is 9.69. The summed E-state index contributed by atoms with van der Waals surface area (Å²) in [6.07, 6.45) is 0.904. The minimum atomic E-state index is -0.317. The molecular formula is C13H17NO2. The third kappa shape index (κ3) is 3.26. The molecule has 1 N–H and O–H groups in total. The Morgan fingerprint density at radius 2 is 2.12 bits per heavy atom. The molecule has 1 fully saturated rings. The summed E-state index contributed by atoms with van der Waals surface area (Å²) in [4.78, 5) is 11.3. The van der Waals surface area contributed by atoms with Gasteiger partial charge < -0.3 is 10.1 Å². The van der Waals surface area contributed by atoms with Crippen LogP contribution in [-0.4, -0.2) is 12.6 Å². The molecule has 1 aromatic carbocycles. The molecule has 1 aromatic rings. The van der Waals surface area contributed by atoms with Gasteiger partial charge in [-0.15, -0.1) is 0 Å². The first-order valence-corrected chi connectivity index (χ1v) is 5.70. The van der Waals surface area contributed by atoms with E-state index in [2.05, 4.69) is 12.2 Å². The quantitative estimate of drug-likeness (QED) is 0.845. The molecule has 86 valence electrons.